The van der Waals surface area contributed by atoms with Crippen molar-refractivity contribution in [2.24, 2.45) is 0 Å². The first-order chi connectivity index (χ1) is 2.91. The molecule has 0 radical (unpaired) electrons. The minimum absolute atomic E-state index is 0.833. The van der Waals surface area contributed by atoms with E-state index in [2.05, 4.69) is 13.5 Å². The minimum atomic E-state index is 0.833. The van der Waals surface area contributed by atoms with Crippen molar-refractivity contribution in [2.45, 2.75) is 6.42 Å². The van der Waals surface area contributed by atoms with Crippen molar-refractivity contribution < 1.29 is 17.3 Å². The maximum absolute atomic E-state index is 4.76. The van der Waals surface area contributed by atoms with E-state index >= 15 is 0 Å². The fraction of sp³-hybridized carbons (Fsp3) is 0.250. The zero-order valence-electron chi connectivity index (χ0n) is 3.78. The molecule has 0 rings (SSSR count). The van der Waals surface area contributed by atoms with Crippen LogP contribution in [0.2, 0.25) is 0 Å². The summed E-state index contributed by atoms with van der Waals surface area (Å²) in [6.45, 7) is 6.90. The molecule has 0 amide bonds. The van der Waals surface area contributed by atoms with Gasteiger partial charge in [-0.05, 0) is 0 Å². The SMILES string of the molecule is C=CC[CH2-].[Cl][Zn+]. The van der Waals surface area contributed by atoms with Gasteiger partial charge in [0.2, 0.25) is 0 Å². The van der Waals surface area contributed by atoms with Crippen molar-refractivity contribution in [3.8, 4) is 0 Å². The Labute approximate surface area is 53.3 Å². The van der Waals surface area contributed by atoms with Gasteiger partial charge in [0, 0.05) is 0 Å². The molecule has 0 saturated carbocycles. The van der Waals surface area contributed by atoms with E-state index < -0.39 is 0 Å². The third kappa shape index (κ3) is 22.7. The first kappa shape index (κ1) is 9.82. The molecule has 2 heteroatoms. The Balaban J connectivity index is 0. The molecule has 0 aliphatic rings. The van der Waals surface area contributed by atoms with Crippen molar-refractivity contribution in [1.29, 1.82) is 0 Å². The second-order valence-electron chi connectivity index (χ2n) is 0.577. The number of hydrogen-bond acceptors (Lipinski definition) is 0. The van der Waals surface area contributed by atoms with E-state index in [0.29, 0.717) is 0 Å². The van der Waals surface area contributed by atoms with E-state index in [1.165, 1.54) is 0 Å². The summed E-state index contributed by atoms with van der Waals surface area (Å²) in [4.78, 5) is 0. The predicted molar refractivity (Wildman–Crippen MR) is 26.0 cm³/mol. The number of rotatable bonds is 1. The van der Waals surface area contributed by atoms with Crippen LogP contribution < -0.4 is 0 Å². The number of allylic oxidation sites excluding steroid dienone is 1. The molecule has 0 atom stereocenters. The van der Waals surface area contributed by atoms with Gasteiger partial charge in [-0.25, -0.2) is 0 Å². The average molecular weight is 156 g/mol. The topological polar surface area (TPSA) is 0 Å². The summed E-state index contributed by atoms with van der Waals surface area (Å²) in [5.41, 5.74) is 0. The Morgan fingerprint density at radius 1 is 1.83 bits per heavy atom. The zero-order valence-corrected chi connectivity index (χ0v) is 7.51. The summed E-state index contributed by atoms with van der Waals surface area (Å²) < 4.78 is 0. The molecule has 0 saturated heterocycles. The van der Waals surface area contributed by atoms with Gasteiger partial charge in [0.1, 0.15) is 0 Å². The molecule has 0 aromatic rings. The Morgan fingerprint density at radius 2 is 2.00 bits per heavy atom. The molecule has 0 aromatic heterocycles. The molecular formula is C4H7ClZn. The van der Waals surface area contributed by atoms with Crippen molar-refractivity contribution in [3.63, 3.8) is 0 Å². The summed E-state index contributed by atoms with van der Waals surface area (Å²) in [5.74, 6) is 0. The Morgan fingerprint density at radius 3 is 2.00 bits per heavy atom. The van der Waals surface area contributed by atoms with Crippen LogP contribution in [0.15, 0.2) is 12.7 Å². The van der Waals surface area contributed by atoms with Crippen LogP contribution in [-0.4, -0.2) is 0 Å². The number of halogens is 1. The predicted octanol–water partition coefficient (Wildman–Crippen LogP) is 2.08. The van der Waals surface area contributed by atoms with E-state index in [0.717, 1.165) is 23.7 Å². The maximum atomic E-state index is 4.76. The summed E-state index contributed by atoms with van der Waals surface area (Å²) in [7, 11) is 4.76. The van der Waals surface area contributed by atoms with Gasteiger partial charge in [-0.1, -0.05) is 0 Å². The van der Waals surface area contributed by atoms with Crippen LogP contribution >= 0.6 is 9.69 Å². The molecule has 0 spiro atoms. The molecule has 32 valence electrons. The average Bonchev–Trinajstić information content (AvgIpc) is 1.72. The standard InChI is InChI=1S/C4H7.ClH.Zn/c1-3-4-2;;/h3H,1-2,4H2;1H;/q-1;;+2/p-1. The van der Waals surface area contributed by atoms with Gasteiger partial charge in [0.05, 0.1) is 0 Å². The van der Waals surface area contributed by atoms with Crippen LogP contribution in [0.1, 0.15) is 6.42 Å². The van der Waals surface area contributed by atoms with Crippen molar-refractivity contribution in [1.82, 2.24) is 0 Å². The van der Waals surface area contributed by atoms with Gasteiger partial charge in [-0.15, -0.1) is 12.7 Å². The Kier molecular flexibility index (Phi) is 28.5. The quantitative estimate of drug-likeness (QED) is 0.309. The monoisotopic (exact) mass is 154 g/mol. The van der Waals surface area contributed by atoms with Gasteiger partial charge in [-0.2, -0.15) is 6.42 Å². The van der Waals surface area contributed by atoms with Crippen molar-refractivity contribution in [3.05, 3.63) is 19.6 Å². The van der Waals surface area contributed by atoms with E-state index in [1.807, 2.05) is 0 Å². The second-order valence-corrected chi connectivity index (χ2v) is 0.577. The fourth-order valence-corrected chi connectivity index (χ4v) is 0. The van der Waals surface area contributed by atoms with Gasteiger partial charge in [0.15, 0.2) is 0 Å². The number of hydrogen-bond donors (Lipinski definition) is 0. The molecule has 0 aromatic carbocycles. The molecule has 0 bridgehead atoms. The van der Waals surface area contributed by atoms with Crippen LogP contribution in [0.5, 0.6) is 0 Å². The molecule has 0 nitrogen and oxygen atoms in total. The third-order valence-corrected chi connectivity index (χ3v) is 0.204. The van der Waals surface area contributed by atoms with E-state index in [4.69, 9.17) is 9.69 Å². The van der Waals surface area contributed by atoms with Gasteiger partial charge < -0.3 is 6.92 Å². The van der Waals surface area contributed by atoms with Gasteiger partial charge >= 0.3 is 27.0 Å². The van der Waals surface area contributed by atoms with Crippen LogP contribution in [0.3, 0.4) is 0 Å². The first-order valence-electron chi connectivity index (χ1n) is 1.58. The van der Waals surface area contributed by atoms with Crippen LogP contribution in [-0.2, 0) is 17.3 Å². The van der Waals surface area contributed by atoms with Crippen LogP contribution in [0.4, 0.5) is 0 Å². The first-order valence-corrected chi connectivity index (χ1v) is 5.48. The molecular weight excluding hydrogens is 149 g/mol. The third-order valence-electron chi connectivity index (χ3n) is 0.204. The molecule has 6 heavy (non-hydrogen) atoms. The van der Waals surface area contributed by atoms with Gasteiger partial charge in [0.25, 0.3) is 0 Å². The van der Waals surface area contributed by atoms with E-state index in [1.54, 1.807) is 6.08 Å². The van der Waals surface area contributed by atoms with E-state index in [-0.39, 0.29) is 0 Å². The molecule has 0 fully saturated rings. The normalized spacial score (nSPS) is 5.33. The van der Waals surface area contributed by atoms with Crippen molar-refractivity contribution >= 4 is 9.69 Å². The van der Waals surface area contributed by atoms with Crippen LogP contribution in [0.25, 0.3) is 0 Å². The molecule has 0 aliphatic heterocycles. The Bertz CT molecular complexity index is 21.5. The molecule has 0 aliphatic carbocycles. The van der Waals surface area contributed by atoms with E-state index in [9.17, 15) is 0 Å². The fourth-order valence-electron chi connectivity index (χ4n) is 0. The zero-order chi connectivity index (χ0) is 5.41. The summed E-state index contributed by atoms with van der Waals surface area (Å²) in [6, 6.07) is 0. The Hall–Kier alpha value is 0.653. The summed E-state index contributed by atoms with van der Waals surface area (Å²) in [5, 5.41) is 0. The summed E-state index contributed by atoms with van der Waals surface area (Å²) >= 11 is 0.847. The van der Waals surface area contributed by atoms with Crippen LogP contribution in [0, 0.1) is 6.92 Å². The molecule has 0 heterocycles. The van der Waals surface area contributed by atoms with Crippen molar-refractivity contribution in [2.75, 3.05) is 0 Å². The summed E-state index contributed by atoms with van der Waals surface area (Å²) in [6.07, 6.45) is 2.60. The molecule has 0 unspecified atom stereocenters. The second kappa shape index (κ2) is 17.4. The van der Waals surface area contributed by atoms with Gasteiger partial charge in [-0.3, -0.25) is 0 Å². The molecule has 0 N–H and O–H groups in total.